The molecule has 1 nitrogen and oxygen atoms in total. The lowest BCUT2D eigenvalue weighted by Crippen LogP contribution is -2.06. The Morgan fingerprint density at radius 3 is 2.93 bits per heavy atom. The minimum atomic E-state index is -0.141. The number of halogens is 1. The van der Waals surface area contributed by atoms with Crippen molar-refractivity contribution in [2.45, 2.75) is 13.8 Å². The summed E-state index contributed by atoms with van der Waals surface area (Å²) in [5, 5.41) is 3.23. The molecule has 0 saturated heterocycles. The number of anilines is 1. The molecule has 0 atom stereocenters. The third-order valence-electron chi connectivity index (χ3n) is 2.03. The van der Waals surface area contributed by atoms with Gasteiger partial charge in [0, 0.05) is 23.5 Å². The predicted octanol–water partition coefficient (Wildman–Crippen LogP) is 3.30. The second kappa shape index (κ2) is 5.91. The van der Waals surface area contributed by atoms with Crippen molar-refractivity contribution in [1.29, 1.82) is 0 Å². The fraction of sp³-hybridized carbons (Fsp3) is 0.455. The molecule has 78 valence electrons. The predicted molar refractivity (Wildman–Crippen MR) is 62.6 cm³/mol. The van der Waals surface area contributed by atoms with E-state index in [1.165, 1.54) is 6.07 Å². The summed E-state index contributed by atoms with van der Waals surface area (Å²) in [7, 11) is 0. The van der Waals surface area contributed by atoms with Gasteiger partial charge >= 0.3 is 0 Å². The summed E-state index contributed by atoms with van der Waals surface area (Å²) in [6, 6.07) is 5.13. The van der Waals surface area contributed by atoms with Crippen molar-refractivity contribution < 1.29 is 4.39 Å². The Balaban J connectivity index is 2.46. The van der Waals surface area contributed by atoms with Crippen LogP contribution in [0, 0.1) is 12.7 Å². The molecule has 0 aromatic heterocycles. The monoisotopic (exact) mass is 213 g/mol. The smallest absolute Gasteiger partial charge is 0.128 e. The average molecular weight is 213 g/mol. The maximum absolute atomic E-state index is 13.1. The van der Waals surface area contributed by atoms with Crippen LogP contribution >= 0.6 is 11.8 Å². The molecule has 0 aliphatic carbocycles. The van der Waals surface area contributed by atoms with E-state index in [-0.39, 0.29) is 5.82 Å². The van der Waals surface area contributed by atoms with E-state index in [1.807, 2.05) is 17.8 Å². The van der Waals surface area contributed by atoms with Crippen LogP contribution < -0.4 is 5.32 Å². The molecule has 1 N–H and O–H groups in total. The molecule has 1 aromatic carbocycles. The van der Waals surface area contributed by atoms with Crippen LogP contribution in [0.5, 0.6) is 0 Å². The number of hydrogen-bond donors (Lipinski definition) is 1. The van der Waals surface area contributed by atoms with Gasteiger partial charge in [-0.1, -0.05) is 13.0 Å². The van der Waals surface area contributed by atoms with Crippen molar-refractivity contribution in [2.75, 3.05) is 23.4 Å². The third-order valence-corrected chi connectivity index (χ3v) is 2.93. The van der Waals surface area contributed by atoms with Crippen molar-refractivity contribution >= 4 is 17.4 Å². The zero-order valence-electron chi connectivity index (χ0n) is 8.64. The lowest BCUT2D eigenvalue weighted by Gasteiger charge is -2.09. The van der Waals surface area contributed by atoms with E-state index in [1.54, 1.807) is 13.0 Å². The summed E-state index contributed by atoms with van der Waals surface area (Å²) in [5.41, 5.74) is 1.61. The first-order valence-corrected chi connectivity index (χ1v) is 5.98. The zero-order chi connectivity index (χ0) is 10.4. The number of rotatable bonds is 5. The minimum Gasteiger partial charge on any atom is -0.384 e. The number of nitrogens with one attached hydrogen (secondary N) is 1. The minimum absolute atomic E-state index is 0.141. The molecule has 0 aliphatic heterocycles. The van der Waals surface area contributed by atoms with Gasteiger partial charge in [-0.25, -0.2) is 4.39 Å². The second-order valence-electron chi connectivity index (χ2n) is 3.04. The third kappa shape index (κ3) is 3.22. The first kappa shape index (κ1) is 11.4. The summed E-state index contributed by atoms with van der Waals surface area (Å²) < 4.78 is 13.1. The Morgan fingerprint density at radius 2 is 2.21 bits per heavy atom. The van der Waals surface area contributed by atoms with Crippen LogP contribution in [0.4, 0.5) is 10.1 Å². The number of benzene rings is 1. The maximum Gasteiger partial charge on any atom is 0.128 e. The zero-order valence-corrected chi connectivity index (χ0v) is 9.46. The van der Waals surface area contributed by atoms with Gasteiger partial charge in [0.25, 0.3) is 0 Å². The van der Waals surface area contributed by atoms with E-state index in [0.29, 0.717) is 5.56 Å². The lowest BCUT2D eigenvalue weighted by molar-refractivity contribution is 0.619. The normalized spacial score (nSPS) is 10.2. The molecule has 0 amide bonds. The summed E-state index contributed by atoms with van der Waals surface area (Å²) in [5.74, 6) is 2.05. The van der Waals surface area contributed by atoms with Crippen LogP contribution in [0.2, 0.25) is 0 Å². The van der Waals surface area contributed by atoms with E-state index in [9.17, 15) is 4.39 Å². The fourth-order valence-corrected chi connectivity index (χ4v) is 1.74. The standard InChI is InChI=1S/C11H16FNS/c1-3-14-8-7-13-11-6-4-5-10(12)9(11)2/h4-6,13H,3,7-8H2,1-2H3. The van der Waals surface area contributed by atoms with Crippen LogP contribution in [0.25, 0.3) is 0 Å². The van der Waals surface area contributed by atoms with E-state index in [2.05, 4.69) is 12.2 Å². The average Bonchev–Trinajstić information content (AvgIpc) is 2.19. The highest BCUT2D eigenvalue weighted by atomic mass is 32.2. The molecule has 1 rings (SSSR count). The van der Waals surface area contributed by atoms with E-state index >= 15 is 0 Å². The molecule has 0 bridgehead atoms. The first-order chi connectivity index (χ1) is 6.75. The molecule has 0 heterocycles. The number of hydrogen-bond acceptors (Lipinski definition) is 2. The van der Waals surface area contributed by atoms with Gasteiger partial charge in [-0.15, -0.1) is 0 Å². The molecule has 3 heteroatoms. The van der Waals surface area contributed by atoms with Crippen LogP contribution in [0.1, 0.15) is 12.5 Å². The topological polar surface area (TPSA) is 12.0 Å². The Hall–Kier alpha value is -0.700. The quantitative estimate of drug-likeness (QED) is 0.753. The SMILES string of the molecule is CCSCCNc1cccc(F)c1C. The molecular weight excluding hydrogens is 197 g/mol. The maximum atomic E-state index is 13.1. The van der Waals surface area contributed by atoms with Crippen LogP contribution in [-0.2, 0) is 0 Å². The van der Waals surface area contributed by atoms with Crippen molar-refractivity contribution in [2.24, 2.45) is 0 Å². The van der Waals surface area contributed by atoms with Gasteiger partial charge in [0.15, 0.2) is 0 Å². The Kier molecular flexibility index (Phi) is 4.80. The van der Waals surface area contributed by atoms with E-state index in [0.717, 1.165) is 23.7 Å². The molecule has 0 saturated carbocycles. The van der Waals surface area contributed by atoms with Gasteiger partial charge < -0.3 is 5.32 Å². The van der Waals surface area contributed by atoms with Crippen molar-refractivity contribution in [1.82, 2.24) is 0 Å². The molecule has 0 unspecified atom stereocenters. The fourth-order valence-electron chi connectivity index (χ4n) is 1.20. The van der Waals surface area contributed by atoms with E-state index < -0.39 is 0 Å². The second-order valence-corrected chi connectivity index (χ2v) is 4.43. The summed E-state index contributed by atoms with van der Waals surface area (Å²) in [6.07, 6.45) is 0. The van der Waals surface area contributed by atoms with Gasteiger partial charge in [-0.05, 0) is 24.8 Å². The van der Waals surface area contributed by atoms with Crippen LogP contribution in [0.15, 0.2) is 18.2 Å². The largest absolute Gasteiger partial charge is 0.384 e. The van der Waals surface area contributed by atoms with Gasteiger partial charge in [0.05, 0.1) is 0 Å². The highest BCUT2D eigenvalue weighted by Crippen LogP contribution is 2.17. The summed E-state index contributed by atoms with van der Waals surface area (Å²) in [4.78, 5) is 0. The van der Waals surface area contributed by atoms with E-state index in [4.69, 9.17) is 0 Å². The first-order valence-electron chi connectivity index (χ1n) is 4.82. The highest BCUT2D eigenvalue weighted by molar-refractivity contribution is 7.99. The van der Waals surface area contributed by atoms with Crippen LogP contribution in [0.3, 0.4) is 0 Å². The molecule has 0 radical (unpaired) electrons. The Morgan fingerprint density at radius 1 is 1.43 bits per heavy atom. The van der Waals surface area contributed by atoms with Crippen molar-refractivity contribution in [3.8, 4) is 0 Å². The molecule has 0 aliphatic rings. The number of thioether (sulfide) groups is 1. The summed E-state index contributed by atoms with van der Waals surface area (Å²) in [6.45, 7) is 4.82. The highest BCUT2D eigenvalue weighted by Gasteiger charge is 2.01. The summed E-state index contributed by atoms with van der Waals surface area (Å²) >= 11 is 1.88. The van der Waals surface area contributed by atoms with Crippen molar-refractivity contribution in [3.63, 3.8) is 0 Å². The Labute approximate surface area is 89.1 Å². The van der Waals surface area contributed by atoms with Crippen LogP contribution in [-0.4, -0.2) is 18.1 Å². The van der Waals surface area contributed by atoms with Gasteiger partial charge in [0.2, 0.25) is 0 Å². The Bertz CT molecular complexity index is 289. The van der Waals surface area contributed by atoms with Gasteiger partial charge in [-0.2, -0.15) is 11.8 Å². The van der Waals surface area contributed by atoms with Crippen molar-refractivity contribution in [3.05, 3.63) is 29.6 Å². The molecule has 0 fully saturated rings. The molecule has 14 heavy (non-hydrogen) atoms. The molecular formula is C11H16FNS. The van der Waals surface area contributed by atoms with Gasteiger partial charge in [0.1, 0.15) is 5.82 Å². The molecule has 1 aromatic rings. The molecule has 0 spiro atoms. The lowest BCUT2D eigenvalue weighted by atomic mass is 10.2. The van der Waals surface area contributed by atoms with Gasteiger partial charge in [-0.3, -0.25) is 0 Å².